The highest BCUT2D eigenvalue weighted by atomic mass is 16.8. The highest BCUT2D eigenvalue weighted by molar-refractivity contribution is 4.67. The third-order valence-corrected chi connectivity index (χ3v) is 1.86. The molecule has 0 aromatic heterocycles. The molecule has 1 rings (SSSR count). The van der Waals surface area contributed by atoms with Crippen LogP contribution in [-0.4, -0.2) is 12.4 Å². The van der Waals surface area contributed by atoms with Crippen LogP contribution in [0.3, 0.4) is 0 Å². The molecule has 3 atom stereocenters. The fourth-order valence-corrected chi connectivity index (χ4v) is 1.45. The van der Waals surface area contributed by atoms with Gasteiger partial charge in [-0.05, 0) is 19.3 Å². The van der Waals surface area contributed by atoms with Crippen LogP contribution in [0.1, 0.15) is 26.7 Å². The van der Waals surface area contributed by atoms with E-state index in [0.29, 0.717) is 5.92 Å². The van der Waals surface area contributed by atoms with Crippen LogP contribution in [0.2, 0.25) is 0 Å². The number of hydrogen-bond acceptors (Lipinski definition) is 3. The molecular formula is C7H15NO2. The Bertz CT molecular complexity index is 97.8. The monoisotopic (exact) mass is 145 g/mol. The van der Waals surface area contributed by atoms with E-state index in [1.165, 1.54) is 0 Å². The standard InChI is InChI=1S/C7H15NO2/c1-5-3-6(2)9-7(4-5)10-8/h5-7H,3-4,8H2,1-2H3/t5-,6+,7-/m0/s1. The molecule has 60 valence electrons. The van der Waals surface area contributed by atoms with Crippen LogP contribution in [0, 0.1) is 5.92 Å². The molecular weight excluding hydrogens is 130 g/mol. The molecule has 3 nitrogen and oxygen atoms in total. The molecule has 1 saturated heterocycles. The van der Waals surface area contributed by atoms with E-state index < -0.39 is 0 Å². The summed E-state index contributed by atoms with van der Waals surface area (Å²) in [6, 6.07) is 0. The summed E-state index contributed by atoms with van der Waals surface area (Å²) in [5.41, 5.74) is 0. The second kappa shape index (κ2) is 3.32. The number of rotatable bonds is 1. The summed E-state index contributed by atoms with van der Waals surface area (Å²) < 4.78 is 5.36. The number of hydrogen-bond donors (Lipinski definition) is 1. The first kappa shape index (κ1) is 7.98. The zero-order valence-corrected chi connectivity index (χ0v) is 6.54. The second-order valence-electron chi connectivity index (χ2n) is 3.09. The third-order valence-electron chi connectivity index (χ3n) is 1.86. The van der Waals surface area contributed by atoms with Crippen molar-refractivity contribution in [1.29, 1.82) is 0 Å². The molecule has 0 saturated carbocycles. The smallest absolute Gasteiger partial charge is 0.177 e. The molecule has 0 unspecified atom stereocenters. The maximum atomic E-state index is 5.36. The Kier molecular flexibility index (Phi) is 2.65. The van der Waals surface area contributed by atoms with Gasteiger partial charge in [0, 0.05) is 6.42 Å². The van der Waals surface area contributed by atoms with Crippen LogP contribution < -0.4 is 5.90 Å². The van der Waals surface area contributed by atoms with Gasteiger partial charge < -0.3 is 4.74 Å². The summed E-state index contributed by atoms with van der Waals surface area (Å²) in [5.74, 6) is 5.67. The van der Waals surface area contributed by atoms with Crippen LogP contribution in [0.15, 0.2) is 0 Å². The molecule has 0 amide bonds. The van der Waals surface area contributed by atoms with Crippen LogP contribution in [0.4, 0.5) is 0 Å². The highest BCUT2D eigenvalue weighted by Crippen LogP contribution is 2.23. The van der Waals surface area contributed by atoms with Crippen molar-refractivity contribution in [1.82, 2.24) is 0 Å². The van der Waals surface area contributed by atoms with Crippen molar-refractivity contribution in [2.75, 3.05) is 0 Å². The van der Waals surface area contributed by atoms with Crippen molar-refractivity contribution >= 4 is 0 Å². The van der Waals surface area contributed by atoms with E-state index in [9.17, 15) is 0 Å². The minimum atomic E-state index is -0.182. The van der Waals surface area contributed by atoms with E-state index in [1.807, 2.05) is 6.92 Å². The van der Waals surface area contributed by atoms with Crippen molar-refractivity contribution in [3.05, 3.63) is 0 Å². The zero-order chi connectivity index (χ0) is 7.56. The topological polar surface area (TPSA) is 44.5 Å². The SMILES string of the molecule is C[C@@H]1C[C@H](ON)O[C@H](C)C1. The Labute approximate surface area is 61.4 Å². The fraction of sp³-hybridized carbons (Fsp3) is 1.00. The van der Waals surface area contributed by atoms with Gasteiger partial charge in [0.05, 0.1) is 6.10 Å². The van der Waals surface area contributed by atoms with Gasteiger partial charge in [0.15, 0.2) is 6.29 Å². The Hall–Kier alpha value is -0.120. The average molecular weight is 145 g/mol. The Morgan fingerprint density at radius 1 is 1.40 bits per heavy atom. The van der Waals surface area contributed by atoms with E-state index in [0.717, 1.165) is 12.8 Å². The minimum Gasteiger partial charge on any atom is -0.348 e. The second-order valence-corrected chi connectivity index (χ2v) is 3.09. The first-order valence-corrected chi connectivity index (χ1v) is 3.73. The first-order valence-electron chi connectivity index (χ1n) is 3.73. The van der Waals surface area contributed by atoms with Crippen molar-refractivity contribution in [3.63, 3.8) is 0 Å². The molecule has 0 aromatic carbocycles. The number of ether oxygens (including phenoxy) is 1. The predicted octanol–water partition coefficient (Wildman–Crippen LogP) is 1.04. The van der Waals surface area contributed by atoms with Crippen molar-refractivity contribution in [2.45, 2.75) is 39.1 Å². The summed E-state index contributed by atoms with van der Waals surface area (Å²) in [6.45, 7) is 4.23. The minimum absolute atomic E-state index is 0.182. The molecule has 1 heterocycles. The average Bonchev–Trinajstić information content (AvgIpc) is 1.85. The predicted molar refractivity (Wildman–Crippen MR) is 38.0 cm³/mol. The first-order chi connectivity index (χ1) is 4.72. The van der Waals surface area contributed by atoms with Crippen LogP contribution in [-0.2, 0) is 9.57 Å². The van der Waals surface area contributed by atoms with Gasteiger partial charge >= 0.3 is 0 Å². The molecule has 0 radical (unpaired) electrons. The van der Waals surface area contributed by atoms with E-state index in [1.54, 1.807) is 0 Å². The molecule has 0 aromatic rings. The van der Waals surface area contributed by atoms with E-state index in [2.05, 4.69) is 11.8 Å². The molecule has 0 aliphatic carbocycles. The molecule has 1 aliphatic heterocycles. The Morgan fingerprint density at radius 2 is 2.10 bits per heavy atom. The van der Waals surface area contributed by atoms with Crippen molar-refractivity contribution in [2.24, 2.45) is 11.8 Å². The lowest BCUT2D eigenvalue weighted by atomic mass is 9.98. The normalized spacial score (nSPS) is 41.7. The fourth-order valence-electron chi connectivity index (χ4n) is 1.45. The van der Waals surface area contributed by atoms with Crippen LogP contribution >= 0.6 is 0 Å². The van der Waals surface area contributed by atoms with Gasteiger partial charge in [0.2, 0.25) is 0 Å². The van der Waals surface area contributed by atoms with Crippen molar-refractivity contribution < 1.29 is 9.57 Å². The van der Waals surface area contributed by atoms with Crippen LogP contribution in [0.25, 0.3) is 0 Å². The largest absolute Gasteiger partial charge is 0.348 e. The molecule has 1 fully saturated rings. The van der Waals surface area contributed by atoms with E-state index in [4.69, 9.17) is 10.6 Å². The quantitative estimate of drug-likeness (QED) is 0.561. The lowest BCUT2D eigenvalue weighted by molar-refractivity contribution is -0.202. The summed E-state index contributed by atoms with van der Waals surface area (Å²) in [7, 11) is 0. The maximum Gasteiger partial charge on any atom is 0.177 e. The Morgan fingerprint density at radius 3 is 2.60 bits per heavy atom. The van der Waals surface area contributed by atoms with Crippen LogP contribution in [0.5, 0.6) is 0 Å². The van der Waals surface area contributed by atoms with Gasteiger partial charge in [-0.3, -0.25) is 4.84 Å². The molecule has 1 aliphatic rings. The lowest BCUT2D eigenvalue weighted by Gasteiger charge is -2.30. The maximum absolute atomic E-state index is 5.36. The zero-order valence-electron chi connectivity index (χ0n) is 6.54. The van der Waals surface area contributed by atoms with Gasteiger partial charge in [-0.15, -0.1) is 0 Å². The van der Waals surface area contributed by atoms with Gasteiger partial charge in [-0.2, -0.15) is 0 Å². The number of nitrogens with two attached hydrogens (primary N) is 1. The van der Waals surface area contributed by atoms with E-state index >= 15 is 0 Å². The third kappa shape index (κ3) is 1.94. The Balaban J connectivity index is 2.35. The van der Waals surface area contributed by atoms with Gasteiger partial charge in [0.25, 0.3) is 0 Å². The summed E-state index contributed by atoms with van der Waals surface area (Å²) >= 11 is 0. The molecule has 2 N–H and O–H groups in total. The molecule has 10 heavy (non-hydrogen) atoms. The molecule has 0 bridgehead atoms. The van der Waals surface area contributed by atoms with E-state index in [-0.39, 0.29) is 12.4 Å². The van der Waals surface area contributed by atoms with Gasteiger partial charge in [-0.1, -0.05) is 6.92 Å². The summed E-state index contributed by atoms with van der Waals surface area (Å²) in [4.78, 5) is 4.61. The highest BCUT2D eigenvalue weighted by Gasteiger charge is 2.24. The van der Waals surface area contributed by atoms with Gasteiger partial charge in [0.1, 0.15) is 0 Å². The molecule has 0 spiro atoms. The van der Waals surface area contributed by atoms with Gasteiger partial charge in [-0.25, -0.2) is 5.90 Å². The molecule has 3 heteroatoms. The van der Waals surface area contributed by atoms with Crippen molar-refractivity contribution in [3.8, 4) is 0 Å². The summed E-state index contributed by atoms with van der Waals surface area (Å²) in [6.07, 6.45) is 2.14. The lowest BCUT2D eigenvalue weighted by Crippen LogP contribution is -2.33. The summed E-state index contributed by atoms with van der Waals surface area (Å²) in [5, 5.41) is 0.